The van der Waals surface area contributed by atoms with Crippen LogP contribution in [0.15, 0.2) is 29.2 Å². The van der Waals surface area contributed by atoms with Gasteiger partial charge in [0.15, 0.2) is 0 Å². The lowest BCUT2D eigenvalue weighted by atomic mass is 9.97. The first-order chi connectivity index (χ1) is 9.04. The van der Waals surface area contributed by atoms with Crippen molar-refractivity contribution in [3.8, 4) is 0 Å². The zero-order valence-electron chi connectivity index (χ0n) is 10.8. The lowest BCUT2D eigenvalue weighted by molar-refractivity contribution is -0.150. The summed E-state index contributed by atoms with van der Waals surface area (Å²) in [6.07, 6.45) is 1.59. The van der Waals surface area contributed by atoms with Gasteiger partial charge in [0.1, 0.15) is 0 Å². The molecule has 3 nitrogen and oxygen atoms in total. The summed E-state index contributed by atoms with van der Waals surface area (Å²) < 4.78 is 0. The highest BCUT2D eigenvalue weighted by molar-refractivity contribution is 9.09. The fourth-order valence-corrected chi connectivity index (χ4v) is 3.13. The molecular weight excluding hydrogens is 328 g/mol. The molecule has 0 aliphatic rings. The van der Waals surface area contributed by atoms with E-state index in [0.29, 0.717) is 6.42 Å². The highest BCUT2D eigenvalue weighted by Crippen LogP contribution is 2.20. The molecule has 5 heteroatoms. The van der Waals surface area contributed by atoms with Crippen LogP contribution in [0.25, 0.3) is 0 Å². The predicted molar refractivity (Wildman–Crippen MR) is 81.1 cm³/mol. The van der Waals surface area contributed by atoms with E-state index in [0.717, 1.165) is 23.1 Å². The van der Waals surface area contributed by atoms with Crippen molar-refractivity contribution in [3.05, 3.63) is 29.8 Å². The molecule has 0 aromatic heterocycles. The van der Waals surface area contributed by atoms with E-state index in [2.05, 4.69) is 15.9 Å². The Morgan fingerprint density at radius 3 is 2.47 bits per heavy atom. The molecule has 0 aliphatic carbocycles. The molecule has 0 saturated heterocycles. The first-order valence-electron chi connectivity index (χ1n) is 6.09. The lowest BCUT2D eigenvalue weighted by Crippen LogP contribution is -2.22. The maximum Gasteiger partial charge on any atom is 0.372 e. The maximum absolute atomic E-state index is 11.3. The summed E-state index contributed by atoms with van der Waals surface area (Å²) in [5.74, 6) is -1.49. The van der Waals surface area contributed by atoms with Crippen molar-refractivity contribution in [2.24, 2.45) is 5.92 Å². The summed E-state index contributed by atoms with van der Waals surface area (Å²) in [4.78, 5) is 23.1. The fourth-order valence-electron chi connectivity index (χ4n) is 1.62. The Morgan fingerprint density at radius 1 is 1.32 bits per heavy atom. The van der Waals surface area contributed by atoms with Crippen molar-refractivity contribution < 1.29 is 14.7 Å². The van der Waals surface area contributed by atoms with Crippen molar-refractivity contribution >= 4 is 39.4 Å². The number of benzene rings is 1. The molecule has 1 N–H and O–H groups in total. The van der Waals surface area contributed by atoms with Crippen LogP contribution in [0.2, 0.25) is 0 Å². The number of hydrogen-bond donors (Lipinski definition) is 1. The molecule has 0 saturated carbocycles. The van der Waals surface area contributed by atoms with Crippen LogP contribution in [0.4, 0.5) is 0 Å². The van der Waals surface area contributed by atoms with E-state index in [-0.39, 0.29) is 0 Å². The number of aliphatic carboxylic acids is 1. The molecule has 1 unspecified atom stereocenters. The van der Waals surface area contributed by atoms with E-state index < -0.39 is 17.7 Å². The number of Topliss-reactive ketones (excluding diaryl/α,β-unsaturated/α-hetero) is 1. The van der Waals surface area contributed by atoms with E-state index >= 15 is 0 Å². The van der Waals surface area contributed by atoms with E-state index in [1.807, 2.05) is 24.3 Å². The van der Waals surface area contributed by atoms with E-state index in [1.54, 1.807) is 18.7 Å². The molecule has 19 heavy (non-hydrogen) atoms. The number of hydrogen-bond acceptors (Lipinski definition) is 3. The number of rotatable bonds is 8. The van der Waals surface area contributed by atoms with Gasteiger partial charge < -0.3 is 5.11 Å². The second-order valence-corrected chi connectivity index (χ2v) is 6.27. The monoisotopic (exact) mass is 344 g/mol. The molecule has 0 heterocycles. The standard InChI is InChI=1S/C14H17BrO3S/c1-10(13(16)14(17)18)9-11-3-5-12(6-4-11)19-8-2-7-15/h3-6,10H,2,7-9H2,1H3,(H,17,18). The van der Waals surface area contributed by atoms with Crippen molar-refractivity contribution in [2.75, 3.05) is 11.1 Å². The van der Waals surface area contributed by atoms with E-state index in [9.17, 15) is 9.59 Å². The second kappa shape index (κ2) is 8.38. The molecule has 1 rings (SSSR count). The van der Waals surface area contributed by atoms with Gasteiger partial charge >= 0.3 is 5.97 Å². The molecule has 0 radical (unpaired) electrons. The maximum atomic E-state index is 11.3. The number of ketones is 1. The second-order valence-electron chi connectivity index (χ2n) is 4.31. The van der Waals surface area contributed by atoms with Gasteiger partial charge in [0.25, 0.3) is 0 Å². The highest BCUT2D eigenvalue weighted by Gasteiger charge is 2.20. The molecule has 1 aromatic rings. The minimum atomic E-state index is -1.35. The first-order valence-corrected chi connectivity index (χ1v) is 8.20. The van der Waals surface area contributed by atoms with Crippen LogP contribution < -0.4 is 0 Å². The summed E-state index contributed by atoms with van der Waals surface area (Å²) in [6, 6.07) is 7.96. The SMILES string of the molecule is CC(Cc1ccc(SCCCBr)cc1)C(=O)C(=O)O. The van der Waals surface area contributed by atoms with Crippen LogP contribution >= 0.6 is 27.7 Å². The van der Waals surface area contributed by atoms with E-state index in [1.165, 1.54) is 4.90 Å². The van der Waals surface area contributed by atoms with Gasteiger partial charge in [-0.05, 0) is 36.3 Å². The van der Waals surface area contributed by atoms with Crippen LogP contribution in [0, 0.1) is 5.92 Å². The fraction of sp³-hybridized carbons (Fsp3) is 0.429. The van der Waals surface area contributed by atoms with Crippen LogP contribution in [0.3, 0.4) is 0 Å². The quantitative estimate of drug-likeness (QED) is 0.340. The predicted octanol–water partition coefficient (Wildman–Crippen LogP) is 3.40. The van der Waals surface area contributed by atoms with Gasteiger partial charge in [0.05, 0.1) is 0 Å². The number of alkyl halides is 1. The summed E-state index contributed by atoms with van der Waals surface area (Å²) in [5.41, 5.74) is 0.993. The molecule has 104 valence electrons. The Kier molecular flexibility index (Phi) is 7.16. The Bertz CT molecular complexity index is 431. The smallest absolute Gasteiger partial charge is 0.372 e. The third-order valence-electron chi connectivity index (χ3n) is 2.67. The first kappa shape index (κ1) is 16.2. The number of carbonyl (C=O) groups excluding carboxylic acids is 1. The van der Waals surface area contributed by atoms with Gasteiger partial charge in [-0.2, -0.15) is 0 Å². The topological polar surface area (TPSA) is 54.4 Å². The van der Waals surface area contributed by atoms with Crippen LogP contribution in [-0.4, -0.2) is 27.9 Å². The molecule has 0 amide bonds. The Balaban J connectivity index is 2.52. The number of carbonyl (C=O) groups is 2. The molecule has 1 aromatic carbocycles. The van der Waals surface area contributed by atoms with Crippen molar-refractivity contribution in [2.45, 2.75) is 24.7 Å². The van der Waals surface area contributed by atoms with Gasteiger partial charge in [0, 0.05) is 16.1 Å². The van der Waals surface area contributed by atoms with Crippen molar-refractivity contribution in [1.29, 1.82) is 0 Å². The zero-order valence-corrected chi connectivity index (χ0v) is 13.2. The lowest BCUT2D eigenvalue weighted by Gasteiger charge is -2.08. The summed E-state index contributed by atoms with van der Waals surface area (Å²) in [5, 5.41) is 9.65. The largest absolute Gasteiger partial charge is 0.475 e. The van der Waals surface area contributed by atoms with Gasteiger partial charge in [0.2, 0.25) is 5.78 Å². The Hall–Kier alpha value is -0.810. The van der Waals surface area contributed by atoms with Crippen LogP contribution in [-0.2, 0) is 16.0 Å². The number of carboxylic acids is 1. The summed E-state index contributed by atoms with van der Waals surface area (Å²) in [6.45, 7) is 1.65. The summed E-state index contributed by atoms with van der Waals surface area (Å²) >= 11 is 5.19. The molecule has 1 atom stereocenters. The average Bonchev–Trinajstić information content (AvgIpc) is 2.40. The molecule has 0 aliphatic heterocycles. The third kappa shape index (κ3) is 5.78. The van der Waals surface area contributed by atoms with Gasteiger partial charge in [-0.25, -0.2) is 4.79 Å². The van der Waals surface area contributed by atoms with E-state index in [4.69, 9.17) is 5.11 Å². The normalized spacial score (nSPS) is 12.1. The van der Waals surface area contributed by atoms with Crippen LogP contribution in [0.1, 0.15) is 18.9 Å². The minimum Gasteiger partial charge on any atom is -0.475 e. The number of thioether (sulfide) groups is 1. The molecule has 0 bridgehead atoms. The Morgan fingerprint density at radius 2 is 1.95 bits per heavy atom. The zero-order chi connectivity index (χ0) is 14.3. The van der Waals surface area contributed by atoms with Gasteiger partial charge in [-0.1, -0.05) is 35.0 Å². The number of carboxylic acid groups (broad SMARTS) is 1. The van der Waals surface area contributed by atoms with Crippen molar-refractivity contribution in [1.82, 2.24) is 0 Å². The highest BCUT2D eigenvalue weighted by atomic mass is 79.9. The van der Waals surface area contributed by atoms with Gasteiger partial charge in [-0.3, -0.25) is 4.79 Å². The molecule has 0 spiro atoms. The average molecular weight is 345 g/mol. The van der Waals surface area contributed by atoms with Crippen molar-refractivity contribution in [3.63, 3.8) is 0 Å². The molecular formula is C14H17BrO3S. The third-order valence-corrected chi connectivity index (χ3v) is 4.33. The van der Waals surface area contributed by atoms with Crippen LogP contribution in [0.5, 0.6) is 0 Å². The summed E-state index contributed by atoms with van der Waals surface area (Å²) in [7, 11) is 0. The van der Waals surface area contributed by atoms with Gasteiger partial charge in [-0.15, -0.1) is 11.8 Å². The number of halogens is 1. The molecule has 0 fully saturated rings. The minimum absolute atomic E-state index is 0.470. The Labute approximate surface area is 125 Å².